The fraction of sp³-hybridized carbons (Fsp3) is 0.333. The summed E-state index contributed by atoms with van der Waals surface area (Å²) in [6.07, 6.45) is 3.43. The number of hydrogen-bond donors (Lipinski definition) is 0. The van der Waals surface area contributed by atoms with Gasteiger partial charge in [-0.25, -0.2) is 4.79 Å². The molecule has 5 heteroatoms. The van der Waals surface area contributed by atoms with Crippen LogP contribution >= 0.6 is 0 Å². The molecule has 0 saturated heterocycles. The molecule has 1 aliphatic heterocycles. The first-order valence-corrected chi connectivity index (χ1v) is 9.10. The Morgan fingerprint density at radius 2 is 1.81 bits per heavy atom. The monoisotopic (exact) mass is 348 g/mol. The fourth-order valence-electron chi connectivity index (χ4n) is 4.07. The van der Waals surface area contributed by atoms with E-state index in [0.29, 0.717) is 11.5 Å². The normalized spacial score (nSPS) is 15.0. The molecule has 1 aromatic heterocycles. The average Bonchev–Trinajstić information content (AvgIpc) is 3.26. The highest BCUT2D eigenvalue weighted by atomic mass is 16.7. The fourth-order valence-corrected chi connectivity index (χ4v) is 4.07. The van der Waals surface area contributed by atoms with Crippen LogP contribution in [0.5, 0.6) is 11.5 Å². The number of ether oxygens (including phenoxy) is 2. The van der Waals surface area contributed by atoms with E-state index >= 15 is 0 Å². The molecule has 3 aromatic rings. The zero-order valence-electron chi connectivity index (χ0n) is 14.9. The molecule has 26 heavy (non-hydrogen) atoms. The second-order valence-corrected chi connectivity index (χ2v) is 7.27. The molecule has 5 rings (SSSR count). The predicted octanol–water partition coefficient (Wildman–Crippen LogP) is 3.86. The van der Waals surface area contributed by atoms with Gasteiger partial charge in [0.25, 0.3) is 0 Å². The van der Waals surface area contributed by atoms with Gasteiger partial charge in [0.15, 0.2) is 11.5 Å². The SMILES string of the molecule is CC(C)n1c(=O)nc(-c2ccc3c(c2)CCC3)c2cc3c(cc21)OCO3. The van der Waals surface area contributed by atoms with Gasteiger partial charge in [-0.3, -0.25) is 4.57 Å². The van der Waals surface area contributed by atoms with E-state index < -0.39 is 0 Å². The third-order valence-corrected chi connectivity index (χ3v) is 5.31. The molecule has 0 bridgehead atoms. The number of aryl methyl sites for hydroxylation is 2. The van der Waals surface area contributed by atoms with E-state index in [2.05, 4.69) is 23.2 Å². The van der Waals surface area contributed by atoms with E-state index in [1.165, 1.54) is 17.5 Å². The molecule has 0 N–H and O–H groups in total. The standard InChI is InChI=1S/C21H20N2O3/c1-12(2)23-17-10-19-18(25-11-26-19)9-16(17)20(22-21(23)24)15-7-6-13-4-3-5-14(13)8-15/h6-10,12H,3-5,11H2,1-2H3. The van der Waals surface area contributed by atoms with Crippen LogP contribution in [0, 0.1) is 0 Å². The number of benzene rings is 2. The Morgan fingerprint density at radius 3 is 2.62 bits per heavy atom. The minimum Gasteiger partial charge on any atom is -0.454 e. The van der Waals surface area contributed by atoms with Crippen molar-refractivity contribution in [2.24, 2.45) is 0 Å². The van der Waals surface area contributed by atoms with Crippen LogP contribution in [-0.4, -0.2) is 16.3 Å². The van der Waals surface area contributed by atoms with Gasteiger partial charge in [-0.15, -0.1) is 0 Å². The molecule has 0 spiro atoms. The smallest absolute Gasteiger partial charge is 0.348 e. The van der Waals surface area contributed by atoms with Gasteiger partial charge in [-0.2, -0.15) is 4.98 Å². The number of fused-ring (bicyclic) bond motifs is 3. The lowest BCUT2D eigenvalue weighted by molar-refractivity contribution is 0.174. The van der Waals surface area contributed by atoms with Crippen LogP contribution in [0.3, 0.4) is 0 Å². The third-order valence-electron chi connectivity index (χ3n) is 5.31. The van der Waals surface area contributed by atoms with Crippen LogP contribution in [-0.2, 0) is 12.8 Å². The lowest BCUT2D eigenvalue weighted by Crippen LogP contribution is -2.25. The molecule has 2 aliphatic rings. The number of nitrogens with zero attached hydrogens (tertiary/aromatic N) is 2. The van der Waals surface area contributed by atoms with Gasteiger partial charge in [0, 0.05) is 23.1 Å². The maximum Gasteiger partial charge on any atom is 0.348 e. The summed E-state index contributed by atoms with van der Waals surface area (Å²) in [4.78, 5) is 17.2. The van der Waals surface area contributed by atoms with Crippen LogP contribution in [0.15, 0.2) is 35.1 Å². The van der Waals surface area contributed by atoms with Crippen LogP contribution in [0.4, 0.5) is 0 Å². The molecule has 0 atom stereocenters. The molecule has 0 unspecified atom stereocenters. The van der Waals surface area contributed by atoms with Crippen molar-refractivity contribution in [2.45, 2.75) is 39.2 Å². The quantitative estimate of drug-likeness (QED) is 0.706. The highest BCUT2D eigenvalue weighted by Gasteiger charge is 2.21. The van der Waals surface area contributed by atoms with Crippen molar-refractivity contribution in [3.63, 3.8) is 0 Å². The highest BCUT2D eigenvalue weighted by Crippen LogP contribution is 2.39. The second kappa shape index (κ2) is 5.59. The number of aromatic nitrogens is 2. The molecule has 5 nitrogen and oxygen atoms in total. The summed E-state index contributed by atoms with van der Waals surface area (Å²) in [5.41, 5.74) is 5.08. The van der Waals surface area contributed by atoms with Crippen molar-refractivity contribution in [3.8, 4) is 22.8 Å². The van der Waals surface area contributed by atoms with Crippen molar-refractivity contribution in [1.82, 2.24) is 9.55 Å². The molecule has 2 heterocycles. The van der Waals surface area contributed by atoms with Gasteiger partial charge in [0.2, 0.25) is 6.79 Å². The third kappa shape index (κ3) is 2.23. The van der Waals surface area contributed by atoms with Crippen LogP contribution in [0.1, 0.15) is 37.4 Å². The van der Waals surface area contributed by atoms with E-state index in [4.69, 9.17) is 9.47 Å². The van der Waals surface area contributed by atoms with Gasteiger partial charge >= 0.3 is 5.69 Å². The van der Waals surface area contributed by atoms with Crippen LogP contribution < -0.4 is 15.2 Å². The molecule has 2 aromatic carbocycles. The minimum absolute atomic E-state index is 0.00643. The predicted molar refractivity (Wildman–Crippen MR) is 100.0 cm³/mol. The molecule has 0 fully saturated rings. The van der Waals surface area contributed by atoms with Gasteiger partial charge in [-0.1, -0.05) is 12.1 Å². The Balaban J connectivity index is 1.83. The number of rotatable bonds is 2. The van der Waals surface area contributed by atoms with Gasteiger partial charge in [-0.05, 0) is 56.4 Å². The topological polar surface area (TPSA) is 53.4 Å². The van der Waals surface area contributed by atoms with Crippen molar-refractivity contribution in [2.75, 3.05) is 6.79 Å². The van der Waals surface area contributed by atoms with E-state index in [1.54, 1.807) is 4.57 Å². The number of hydrogen-bond acceptors (Lipinski definition) is 4. The molecule has 0 amide bonds. The molecule has 1 aliphatic carbocycles. The largest absolute Gasteiger partial charge is 0.454 e. The van der Waals surface area contributed by atoms with E-state index in [1.807, 2.05) is 26.0 Å². The first kappa shape index (κ1) is 15.4. The minimum atomic E-state index is -0.234. The summed E-state index contributed by atoms with van der Waals surface area (Å²) in [5.74, 6) is 1.38. The summed E-state index contributed by atoms with van der Waals surface area (Å²) in [5, 5.41) is 0.917. The maximum absolute atomic E-state index is 12.8. The second-order valence-electron chi connectivity index (χ2n) is 7.27. The Kier molecular flexibility index (Phi) is 3.32. The zero-order chi connectivity index (χ0) is 17.8. The average molecular weight is 348 g/mol. The van der Waals surface area contributed by atoms with E-state index in [-0.39, 0.29) is 18.5 Å². The Hall–Kier alpha value is -2.82. The van der Waals surface area contributed by atoms with Crippen LogP contribution in [0.25, 0.3) is 22.2 Å². The van der Waals surface area contributed by atoms with Gasteiger partial charge in [0.05, 0.1) is 11.2 Å². The first-order valence-electron chi connectivity index (χ1n) is 9.10. The molecular formula is C21H20N2O3. The van der Waals surface area contributed by atoms with Crippen molar-refractivity contribution < 1.29 is 9.47 Å². The van der Waals surface area contributed by atoms with Crippen LogP contribution in [0.2, 0.25) is 0 Å². The first-order chi connectivity index (χ1) is 12.6. The van der Waals surface area contributed by atoms with Gasteiger partial charge in [0.1, 0.15) is 0 Å². The molecule has 132 valence electrons. The zero-order valence-corrected chi connectivity index (χ0v) is 14.9. The van der Waals surface area contributed by atoms with Crippen molar-refractivity contribution in [1.29, 1.82) is 0 Å². The lowest BCUT2D eigenvalue weighted by Gasteiger charge is -2.16. The van der Waals surface area contributed by atoms with Crippen molar-refractivity contribution >= 4 is 10.9 Å². The van der Waals surface area contributed by atoms with Gasteiger partial charge < -0.3 is 9.47 Å². The van der Waals surface area contributed by atoms with E-state index in [0.717, 1.165) is 35.0 Å². The maximum atomic E-state index is 12.8. The Morgan fingerprint density at radius 1 is 1.04 bits per heavy atom. The molecule has 0 radical (unpaired) electrons. The summed E-state index contributed by atoms with van der Waals surface area (Å²) in [7, 11) is 0. The lowest BCUT2D eigenvalue weighted by atomic mass is 10.0. The summed E-state index contributed by atoms with van der Waals surface area (Å²) >= 11 is 0. The summed E-state index contributed by atoms with van der Waals surface area (Å²) < 4.78 is 12.8. The molecular weight excluding hydrogens is 328 g/mol. The Bertz CT molecular complexity index is 1100. The van der Waals surface area contributed by atoms with E-state index in [9.17, 15) is 4.79 Å². The summed E-state index contributed by atoms with van der Waals surface area (Å²) in [6.45, 7) is 4.18. The summed E-state index contributed by atoms with van der Waals surface area (Å²) in [6, 6.07) is 10.3. The highest BCUT2D eigenvalue weighted by molar-refractivity contribution is 5.95. The molecule has 0 saturated carbocycles. The Labute approximate surface area is 151 Å². The van der Waals surface area contributed by atoms with Crippen molar-refractivity contribution in [3.05, 3.63) is 51.9 Å².